The van der Waals surface area contributed by atoms with Gasteiger partial charge in [-0.15, -0.1) is 0 Å². The molecule has 3 heteroatoms. The first-order chi connectivity index (χ1) is 9.61. The number of likely N-dealkylation sites (N-methyl/N-ethyl adjacent to an activating group) is 2. The van der Waals surface area contributed by atoms with Crippen LogP contribution in [0.4, 0.5) is 5.69 Å². The van der Waals surface area contributed by atoms with Crippen molar-refractivity contribution in [1.29, 1.82) is 0 Å². The predicted molar refractivity (Wildman–Crippen MR) is 87.5 cm³/mol. The summed E-state index contributed by atoms with van der Waals surface area (Å²) < 4.78 is 0. The minimum atomic E-state index is 0.646. The van der Waals surface area contributed by atoms with Crippen molar-refractivity contribution in [2.75, 3.05) is 38.6 Å². The summed E-state index contributed by atoms with van der Waals surface area (Å²) in [6.45, 7) is 8.78. The molecule has 0 amide bonds. The summed E-state index contributed by atoms with van der Waals surface area (Å²) >= 11 is 0. The first-order valence-corrected chi connectivity index (χ1v) is 7.83. The molecule has 0 saturated carbocycles. The molecule has 1 fully saturated rings. The number of piperidine rings is 1. The van der Waals surface area contributed by atoms with Crippen LogP contribution in [-0.2, 0) is 6.54 Å². The van der Waals surface area contributed by atoms with Crippen LogP contribution in [0.5, 0.6) is 0 Å². The van der Waals surface area contributed by atoms with Crippen LogP contribution in [0.1, 0.15) is 30.9 Å². The Bertz CT molecular complexity index is 430. The van der Waals surface area contributed by atoms with Crippen LogP contribution in [-0.4, -0.2) is 44.7 Å². The van der Waals surface area contributed by atoms with Gasteiger partial charge in [-0.05, 0) is 63.2 Å². The first-order valence-electron chi connectivity index (χ1n) is 7.83. The van der Waals surface area contributed by atoms with Crippen molar-refractivity contribution in [3.05, 3.63) is 29.3 Å². The molecule has 0 aromatic heterocycles. The number of nitrogens with zero attached hydrogens (tertiary/aromatic N) is 2. The van der Waals surface area contributed by atoms with Gasteiger partial charge in [0.05, 0.1) is 0 Å². The lowest BCUT2D eigenvalue weighted by molar-refractivity contribution is 0.248. The van der Waals surface area contributed by atoms with Crippen molar-refractivity contribution < 1.29 is 0 Å². The molecule has 112 valence electrons. The monoisotopic (exact) mass is 275 g/mol. The average molecular weight is 275 g/mol. The van der Waals surface area contributed by atoms with Crippen LogP contribution < -0.4 is 10.2 Å². The predicted octanol–water partition coefficient (Wildman–Crippen LogP) is 2.63. The Labute approximate surface area is 124 Å². The number of likely N-dealkylation sites (tertiary alicyclic amines) is 1. The molecule has 20 heavy (non-hydrogen) atoms. The number of benzene rings is 1. The largest absolute Gasteiger partial charge is 0.370 e. The minimum absolute atomic E-state index is 0.646. The van der Waals surface area contributed by atoms with Crippen LogP contribution in [0.15, 0.2) is 18.2 Å². The van der Waals surface area contributed by atoms with Gasteiger partial charge in [0.2, 0.25) is 0 Å². The highest BCUT2D eigenvalue weighted by Crippen LogP contribution is 2.23. The normalized spacial score (nSPS) is 20.1. The molecule has 1 aliphatic heterocycles. The highest BCUT2D eigenvalue weighted by molar-refractivity contribution is 5.51. The van der Waals surface area contributed by atoms with E-state index in [1.54, 1.807) is 0 Å². The molecule has 3 nitrogen and oxygen atoms in total. The van der Waals surface area contributed by atoms with Crippen LogP contribution in [0.2, 0.25) is 0 Å². The summed E-state index contributed by atoms with van der Waals surface area (Å²) in [6, 6.07) is 7.53. The van der Waals surface area contributed by atoms with Gasteiger partial charge in [0.1, 0.15) is 0 Å². The van der Waals surface area contributed by atoms with E-state index >= 15 is 0 Å². The molecule has 0 bridgehead atoms. The number of aryl methyl sites for hydroxylation is 1. The standard InChI is InChI=1S/C17H29N3/c1-5-18-12-15-8-9-16(11-14(15)2)20(4)17-7-6-10-19(3)13-17/h8-9,11,17-18H,5-7,10,12-13H2,1-4H3. The topological polar surface area (TPSA) is 18.5 Å². The Morgan fingerprint density at radius 3 is 2.85 bits per heavy atom. The van der Waals surface area contributed by atoms with E-state index in [-0.39, 0.29) is 0 Å². The third-order valence-electron chi connectivity index (χ3n) is 4.45. The Hall–Kier alpha value is -1.06. The Morgan fingerprint density at radius 2 is 2.20 bits per heavy atom. The highest BCUT2D eigenvalue weighted by Gasteiger charge is 2.21. The van der Waals surface area contributed by atoms with Crippen LogP contribution in [0, 0.1) is 6.92 Å². The van der Waals surface area contributed by atoms with E-state index in [9.17, 15) is 0 Å². The van der Waals surface area contributed by atoms with Gasteiger partial charge in [-0.25, -0.2) is 0 Å². The second-order valence-corrected chi connectivity index (χ2v) is 6.06. The van der Waals surface area contributed by atoms with Gasteiger partial charge in [0, 0.05) is 31.9 Å². The number of anilines is 1. The van der Waals surface area contributed by atoms with Crippen LogP contribution >= 0.6 is 0 Å². The molecular weight excluding hydrogens is 246 g/mol. The fourth-order valence-corrected chi connectivity index (χ4v) is 3.02. The van der Waals surface area contributed by atoms with E-state index in [0.29, 0.717) is 6.04 Å². The van der Waals surface area contributed by atoms with Crippen molar-refractivity contribution in [2.45, 2.75) is 39.3 Å². The molecular formula is C17H29N3. The third kappa shape index (κ3) is 3.74. The van der Waals surface area contributed by atoms with Crippen LogP contribution in [0.25, 0.3) is 0 Å². The number of nitrogens with one attached hydrogen (secondary N) is 1. The molecule has 1 aromatic rings. The summed E-state index contributed by atoms with van der Waals surface area (Å²) in [5.41, 5.74) is 4.15. The summed E-state index contributed by atoms with van der Waals surface area (Å²) in [5, 5.41) is 3.40. The molecule has 1 heterocycles. The summed E-state index contributed by atoms with van der Waals surface area (Å²) in [7, 11) is 4.47. The SMILES string of the molecule is CCNCc1ccc(N(C)C2CCCN(C)C2)cc1C. The molecule has 0 radical (unpaired) electrons. The third-order valence-corrected chi connectivity index (χ3v) is 4.45. The van der Waals surface area contributed by atoms with E-state index in [1.807, 2.05) is 0 Å². The Morgan fingerprint density at radius 1 is 1.40 bits per heavy atom. The van der Waals surface area contributed by atoms with Gasteiger partial charge >= 0.3 is 0 Å². The van der Waals surface area contributed by atoms with Gasteiger partial charge in [-0.2, -0.15) is 0 Å². The maximum absolute atomic E-state index is 3.40. The lowest BCUT2D eigenvalue weighted by Crippen LogP contribution is -2.45. The first kappa shape index (κ1) is 15.3. The van der Waals surface area contributed by atoms with Gasteiger partial charge in [-0.1, -0.05) is 13.0 Å². The fraction of sp³-hybridized carbons (Fsp3) is 0.647. The molecule has 2 rings (SSSR count). The molecule has 1 aliphatic rings. The van der Waals surface area contributed by atoms with E-state index in [2.05, 4.69) is 61.3 Å². The Kier molecular flexibility index (Phi) is 5.44. The summed E-state index contributed by atoms with van der Waals surface area (Å²) in [4.78, 5) is 4.90. The second kappa shape index (κ2) is 7.09. The van der Waals surface area contributed by atoms with Crippen molar-refractivity contribution in [2.24, 2.45) is 0 Å². The number of rotatable bonds is 5. The quantitative estimate of drug-likeness (QED) is 0.891. The molecule has 1 unspecified atom stereocenters. The lowest BCUT2D eigenvalue weighted by atomic mass is 10.0. The number of hydrogen-bond donors (Lipinski definition) is 1. The zero-order valence-corrected chi connectivity index (χ0v) is 13.4. The van der Waals surface area contributed by atoms with E-state index in [1.165, 1.54) is 42.7 Å². The summed E-state index contributed by atoms with van der Waals surface area (Å²) in [6.07, 6.45) is 2.61. The van der Waals surface area contributed by atoms with E-state index in [0.717, 1.165) is 13.1 Å². The van der Waals surface area contributed by atoms with Crippen molar-refractivity contribution in [3.8, 4) is 0 Å². The van der Waals surface area contributed by atoms with E-state index in [4.69, 9.17) is 0 Å². The maximum atomic E-state index is 3.40. The zero-order valence-electron chi connectivity index (χ0n) is 13.4. The smallest absolute Gasteiger partial charge is 0.0414 e. The molecule has 1 aromatic carbocycles. The maximum Gasteiger partial charge on any atom is 0.0414 e. The molecule has 0 spiro atoms. The lowest BCUT2D eigenvalue weighted by Gasteiger charge is -2.37. The van der Waals surface area contributed by atoms with E-state index < -0.39 is 0 Å². The molecule has 1 saturated heterocycles. The molecule has 1 N–H and O–H groups in total. The second-order valence-electron chi connectivity index (χ2n) is 6.06. The fourth-order valence-electron chi connectivity index (χ4n) is 3.02. The van der Waals surface area contributed by atoms with Crippen LogP contribution in [0.3, 0.4) is 0 Å². The zero-order chi connectivity index (χ0) is 14.5. The highest BCUT2D eigenvalue weighted by atomic mass is 15.2. The van der Waals surface area contributed by atoms with Crippen molar-refractivity contribution in [3.63, 3.8) is 0 Å². The summed E-state index contributed by atoms with van der Waals surface area (Å²) in [5.74, 6) is 0. The van der Waals surface area contributed by atoms with Gasteiger partial charge in [0.15, 0.2) is 0 Å². The molecule has 0 aliphatic carbocycles. The number of hydrogen-bond acceptors (Lipinski definition) is 3. The van der Waals surface area contributed by atoms with Gasteiger partial charge in [-0.3, -0.25) is 0 Å². The Balaban J connectivity index is 2.06. The van der Waals surface area contributed by atoms with Crippen molar-refractivity contribution in [1.82, 2.24) is 10.2 Å². The van der Waals surface area contributed by atoms with Gasteiger partial charge < -0.3 is 15.1 Å². The average Bonchev–Trinajstić information content (AvgIpc) is 2.45. The van der Waals surface area contributed by atoms with Gasteiger partial charge in [0.25, 0.3) is 0 Å². The van der Waals surface area contributed by atoms with Crippen molar-refractivity contribution >= 4 is 5.69 Å². The molecule has 1 atom stereocenters. The minimum Gasteiger partial charge on any atom is -0.370 e.